The molecule has 0 saturated carbocycles. The number of H-pyrrole nitrogens is 1. The fourth-order valence-corrected chi connectivity index (χ4v) is 3.93. The zero-order chi connectivity index (χ0) is 19.2. The molecular weight excluding hydrogens is 344 g/mol. The van der Waals surface area contributed by atoms with Gasteiger partial charge in [-0.2, -0.15) is 5.10 Å². The molecule has 2 aliphatic rings. The number of rotatable bonds is 2. The van der Waals surface area contributed by atoms with Crippen LogP contribution in [0.3, 0.4) is 0 Å². The van der Waals surface area contributed by atoms with Crippen LogP contribution in [0.1, 0.15) is 48.8 Å². The van der Waals surface area contributed by atoms with Crippen LogP contribution in [0.2, 0.25) is 0 Å². The van der Waals surface area contributed by atoms with Gasteiger partial charge in [0.2, 0.25) is 0 Å². The van der Waals surface area contributed by atoms with Crippen molar-refractivity contribution in [1.82, 2.24) is 20.4 Å². The van der Waals surface area contributed by atoms with Crippen molar-refractivity contribution >= 4 is 6.03 Å². The fourth-order valence-electron chi connectivity index (χ4n) is 3.93. The molecule has 3 heterocycles. The number of hydrogen-bond donors (Lipinski definition) is 2. The Labute approximate surface area is 159 Å². The first-order valence-corrected chi connectivity index (χ1v) is 9.31. The average Bonchev–Trinajstić information content (AvgIpc) is 3.00. The Bertz CT molecular complexity index is 874. The summed E-state index contributed by atoms with van der Waals surface area (Å²) in [6.45, 7) is 7.34. The van der Waals surface area contributed by atoms with Gasteiger partial charge in [0.25, 0.3) is 0 Å². The van der Waals surface area contributed by atoms with Crippen LogP contribution in [0.15, 0.2) is 18.2 Å². The molecule has 0 bridgehead atoms. The van der Waals surface area contributed by atoms with Gasteiger partial charge in [-0.3, -0.25) is 5.10 Å². The third-order valence-corrected chi connectivity index (χ3v) is 5.39. The van der Waals surface area contributed by atoms with Gasteiger partial charge in [0, 0.05) is 42.3 Å². The summed E-state index contributed by atoms with van der Waals surface area (Å²) in [7, 11) is 1.64. The smallest absolute Gasteiger partial charge is 0.318 e. The van der Waals surface area contributed by atoms with E-state index in [4.69, 9.17) is 9.47 Å². The summed E-state index contributed by atoms with van der Waals surface area (Å²) in [5, 5.41) is 10.6. The molecule has 0 radical (unpaired) electrons. The molecule has 2 aromatic rings. The third-order valence-electron chi connectivity index (χ3n) is 5.39. The molecule has 4 rings (SSSR count). The normalized spacial score (nSPS) is 20.3. The molecule has 1 aromatic carbocycles. The van der Waals surface area contributed by atoms with Gasteiger partial charge in [0.05, 0.1) is 25.4 Å². The molecule has 2 aliphatic heterocycles. The number of aromatic nitrogens is 2. The van der Waals surface area contributed by atoms with Crippen LogP contribution in [-0.2, 0) is 13.0 Å². The van der Waals surface area contributed by atoms with Gasteiger partial charge in [-0.05, 0) is 32.9 Å². The molecule has 2 amide bonds. The van der Waals surface area contributed by atoms with E-state index < -0.39 is 0 Å². The van der Waals surface area contributed by atoms with E-state index in [2.05, 4.69) is 15.5 Å². The van der Waals surface area contributed by atoms with Gasteiger partial charge < -0.3 is 19.7 Å². The summed E-state index contributed by atoms with van der Waals surface area (Å²) in [6, 6.07) is 5.61. The predicted molar refractivity (Wildman–Crippen MR) is 101 cm³/mol. The van der Waals surface area contributed by atoms with E-state index in [0.717, 1.165) is 40.4 Å². The average molecular weight is 370 g/mol. The lowest BCUT2D eigenvalue weighted by Gasteiger charge is -2.39. The summed E-state index contributed by atoms with van der Waals surface area (Å²) in [5.74, 6) is 1.51. The van der Waals surface area contributed by atoms with Gasteiger partial charge in [-0.15, -0.1) is 0 Å². The number of aromatic amines is 1. The Morgan fingerprint density at radius 3 is 3.04 bits per heavy atom. The fraction of sp³-hybridized carbons (Fsp3) is 0.500. The van der Waals surface area contributed by atoms with E-state index >= 15 is 0 Å². The van der Waals surface area contributed by atoms with Crippen LogP contribution < -0.4 is 14.8 Å². The second-order valence-corrected chi connectivity index (χ2v) is 7.92. The van der Waals surface area contributed by atoms with Crippen molar-refractivity contribution in [2.45, 2.75) is 51.8 Å². The number of hydrogen-bond acceptors (Lipinski definition) is 4. The first-order valence-electron chi connectivity index (χ1n) is 9.31. The highest BCUT2D eigenvalue weighted by Gasteiger charge is 2.36. The molecule has 0 spiro atoms. The topological polar surface area (TPSA) is 79.5 Å². The lowest BCUT2D eigenvalue weighted by atomic mass is 9.89. The molecule has 7 nitrogen and oxygen atoms in total. The minimum absolute atomic E-state index is 0.0503. The highest BCUT2D eigenvalue weighted by molar-refractivity contribution is 5.75. The van der Waals surface area contributed by atoms with Gasteiger partial charge in [-0.25, -0.2) is 4.79 Å². The van der Waals surface area contributed by atoms with Crippen molar-refractivity contribution in [3.8, 4) is 11.5 Å². The number of aryl methyl sites for hydroxylation is 1. The molecule has 27 heavy (non-hydrogen) atoms. The molecule has 0 unspecified atom stereocenters. The summed E-state index contributed by atoms with van der Waals surface area (Å²) in [4.78, 5) is 14.8. The van der Waals surface area contributed by atoms with E-state index in [1.54, 1.807) is 7.11 Å². The molecule has 2 N–H and O–H groups in total. The van der Waals surface area contributed by atoms with Crippen molar-refractivity contribution in [2.24, 2.45) is 0 Å². The quantitative estimate of drug-likeness (QED) is 0.851. The molecule has 0 fully saturated rings. The van der Waals surface area contributed by atoms with Crippen molar-refractivity contribution < 1.29 is 14.3 Å². The molecule has 7 heteroatoms. The van der Waals surface area contributed by atoms with Crippen LogP contribution in [0, 0.1) is 6.92 Å². The van der Waals surface area contributed by atoms with Gasteiger partial charge in [0.15, 0.2) is 0 Å². The van der Waals surface area contributed by atoms with E-state index in [1.807, 2.05) is 43.9 Å². The standard InChI is InChI=1S/C20H26N4O3/c1-12-15-11-24(8-7-16(15)23-22-12)19(25)21-17-10-20(2,3)27-18-9-13(26-4)5-6-14(17)18/h5-6,9,17H,7-8,10-11H2,1-4H3,(H,21,25)(H,22,23)/t17-/m1/s1. The SMILES string of the molecule is COc1ccc2c(c1)OC(C)(C)C[C@H]2NC(=O)N1CCc2n[nH]c(C)c2C1. The highest BCUT2D eigenvalue weighted by atomic mass is 16.5. The van der Waals surface area contributed by atoms with Gasteiger partial charge >= 0.3 is 6.03 Å². The number of nitrogens with one attached hydrogen (secondary N) is 2. The van der Waals surface area contributed by atoms with Crippen molar-refractivity contribution in [3.05, 3.63) is 40.7 Å². The first kappa shape index (κ1) is 17.7. The lowest BCUT2D eigenvalue weighted by Crippen LogP contribution is -2.47. The monoisotopic (exact) mass is 370 g/mol. The summed E-state index contributed by atoms with van der Waals surface area (Å²) in [6.07, 6.45) is 1.49. The lowest BCUT2D eigenvalue weighted by molar-refractivity contribution is 0.0660. The third kappa shape index (κ3) is 3.34. The minimum atomic E-state index is -0.368. The Kier molecular flexibility index (Phi) is 4.25. The molecule has 1 aromatic heterocycles. The summed E-state index contributed by atoms with van der Waals surface area (Å²) in [5.41, 5.74) is 3.86. The van der Waals surface area contributed by atoms with Crippen molar-refractivity contribution in [3.63, 3.8) is 0 Å². The maximum Gasteiger partial charge on any atom is 0.318 e. The van der Waals surface area contributed by atoms with Crippen LogP contribution in [0.5, 0.6) is 11.5 Å². The van der Waals surface area contributed by atoms with E-state index in [-0.39, 0.29) is 17.7 Å². The van der Waals surface area contributed by atoms with E-state index in [0.29, 0.717) is 19.5 Å². The zero-order valence-corrected chi connectivity index (χ0v) is 16.3. The number of methoxy groups -OCH3 is 1. The highest BCUT2D eigenvalue weighted by Crippen LogP contribution is 2.41. The Morgan fingerprint density at radius 2 is 2.26 bits per heavy atom. The maximum atomic E-state index is 13.0. The van der Waals surface area contributed by atoms with E-state index in [1.165, 1.54) is 0 Å². The number of fused-ring (bicyclic) bond motifs is 2. The van der Waals surface area contributed by atoms with Crippen molar-refractivity contribution in [2.75, 3.05) is 13.7 Å². The molecule has 0 saturated heterocycles. The second kappa shape index (κ2) is 6.48. The number of benzene rings is 1. The number of carbonyl (C=O) groups excluding carboxylic acids is 1. The molecule has 0 aliphatic carbocycles. The van der Waals surface area contributed by atoms with Crippen LogP contribution in [0.25, 0.3) is 0 Å². The first-order chi connectivity index (χ1) is 12.9. The second-order valence-electron chi connectivity index (χ2n) is 7.92. The number of ether oxygens (including phenoxy) is 2. The number of amides is 2. The molecule has 144 valence electrons. The van der Waals surface area contributed by atoms with Crippen LogP contribution in [-0.4, -0.2) is 40.4 Å². The van der Waals surface area contributed by atoms with Gasteiger partial charge in [0.1, 0.15) is 17.1 Å². The Balaban J connectivity index is 1.54. The number of nitrogens with zero attached hydrogens (tertiary/aromatic N) is 2. The molecule has 1 atom stereocenters. The van der Waals surface area contributed by atoms with Gasteiger partial charge in [-0.1, -0.05) is 0 Å². The Morgan fingerprint density at radius 1 is 1.44 bits per heavy atom. The summed E-state index contributed by atoms with van der Waals surface area (Å²) < 4.78 is 11.4. The van der Waals surface area contributed by atoms with Crippen LogP contribution in [0.4, 0.5) is 4.79 Å². The predicted octanol–water partition coefficient (Wildman–Crippen LogP) is 3.10. The molecular formula is C20H26N4O3. The zero-order valence-electron chi connectivity index (χ0n) is 16.3. The number of carbonyl (C=O) groups is 1. The van der Waals surface area contributed by atoms with Crippen LogP contribution >= 0.6 is 0 Å². The number of urea groups is 1. The Hall–Kier alpha value is -2.70. The van der Waals surface area contributed by atoms with Crippen molar-refractivity contribution in [1.29, 1.82) is 0 Å². The summed E-state index contributed by atoms with van der Waals surface area (Å²) >= 11 is 0. The van der Waals surface area contributed by atoms with E-state index in [9.17, 15) is 4.79 Å². The maximum absolute atomic E-state index is 13.0. The largest absolute Gasteiger partial charge is 0.497 e. The minimum Gasteiger partial charge on any atom is -0.497 e.